The molecule has 3 aliphatic heterocycles. The third-order valence-corrected chi connectivity index (χ3v) is 14.6. The molecule has 2 aromatic rings. The van der Waals surface area contributed by atoms with E-state index < -0.39 is 26.8 Å². The number of anilines is 1. The second-order valence-electron chi connectivity index (χ2n) is 15.5. The van der Waals surface area contributed by atoms with Gasteiger partial charge in [0.2, 0.25) is 10.0 Å². The maximum absolute atomic E-state index is 13.6. The van der Waals surface area contributed by atoms with Gasteiger partial charge in [0.15, 0.2) is 0 Å². The van der Waals surface area contributed by atoms with Gasteiger partial charge in [-0.15, -0.1) is 0 Å². The van der Waals surface area contributed by atoms with Crippen LogP contribution in [0.1, 0.15) is 100 Å². The molecule has 1 amide bonds. The van der Waals surface area contributed by atoms with Crippen molar-refractivity contribution in [2.45, 2.75) is 101 Å². The molecule has 266 valence electrons. The molecule has 1 saturated carbocycles. The van der Waals surface area contributed by atoms with E-state index in [4.69, 9.17) is 26.3 Å². The van der Waals surface area contributed by atoms with Crippen molar-refractivity contribution >= 4 is 39.1 Å². The number of amidine groups is 1. The summed E-state index contributed by atoms with van der Waals surface area (Å²) in [5.41, 5.74) is 3.03. The number of ether oxygens (including phenoxy) is 1. The molecule has 0 unspecified atom stereocenters. The van der Waals surface area contributed by atoms with Crippen molar-refractivity contribution in [3.05, 3.63) is 58.1 Å². The van der Waals surface area contributed by atoms with E-state index in [1.165, 1.54) is 11.1 Å². The Balaban J connectivity index is 1.29. The van der Waals surface area contributed by atoms with Crippen LogP contribution in [0.4, 0.5) is 5.69 Å². The Morgan fingerprint density at radius 1 is 1.10 bits per heavy atom. The summed E-state index contributed by atoms with van der Waals surface area (Å²) in [6.07, 6.45) is 9.31. The monoisotopic (exact) mass is 710 g/mol. The van der Waals surface area contributed by atoms with Crippen molar-refractivity contribution < 1.29 is 22.8 Å². The number of nitrogens with zero attached hydrogens (tertiary/aromatic N) is 3. The number of carbonyl (C=O) groups excluding carboxylic acids is 1. The third-order valence-electron chi connectivity index (χ3n) is 12.4. The smallest absolute Gasteiger partial charge is 0.264 e. The average Bonchev–Trinajstić information content (AvgIpc) is 3.41. The van der Waals surface area contributed by atoms with E-state index in [9.17, 15) is 13.2 Å². The van der Waals surface area contributed by atoms with Crippen LogP contribution in [0.2, 0.25) is 5.02 Å². The molecule has 7 rings (SSSR count). The summed E-state index contributed by atoms with van der Waals surface area (Å²) >= 11 is 6.48. The fourth-order valence-corrected chi connectivity index (χ4v) is 10.7. The number of halogens is 1. The molecule has 0 aromatic heterocycles. The number of aryl methyl sites for hydroxylation is 1. The molecule has 6 atom stereocenters. The van der Waals surface area contributed by atoms with Crippen LogP contribution in [0.5, 0.6) is 5.75 Å². The summed E-state index contributed by atoms with van der Waals surface area (Å²) in [7, 11) is -1.82. The van der Waals surface area contributed by atoms with Crippen molar-refractivity contribution in [1.82, 2.24) is 9.62 Å². The van der Waals surface area contributed by atoms with Gasteiger partial charge in [-0.05, 0) is 118 Å². The first-order valence-corrected chi connectivity index (χ1v) is 20.2. The molecule has 2 aliphatic carbocycles. The van der Waals surface area contributed by atoms with Crippen LogP contribution in [0.3, 0.4) is 0 Å². The van der Waals surface area contributed by atoms with Gasteiger partial charge in [0.25, 0.3) is 5.91 Å². The van der Waals surface area contributed by atoms with Crippen LogP contribution < -0.4 is 14.4 Å². The third kappa shape index (κ3) is 6.41. The van der Waals surface area contributed by atoms with Crippen molar-refractivity contribution in [3.63, 3.8) is 0 Å². The molecular formula is C38H51ClN4O5S. The van der Waals surface area contributed by atoms with Gasteiger partial charge in [-0.25, -0.2) is 13.1 Å². The lowest BCUT2D eigenvalue weighted by atomic mass is 9.62. The summed E-state index contributed by atoms with van der Waals surface area (Å²) < 4.78 is 36.1. The molecule has 3 heterocycles. The molecule has 9 nitrogen and oxygen atoms in total. The predicted octanol–water partition coefficient (Wildman–Crippen LogP) is 6.92. The van der Waals surface area contributed by atoms with Crippen molar-refractivity contribution in [1.29, 1.82) is 0 Å². The van der Waals surface area contributed by atoms with Crippen LogP contribution in [-0.2, 0) is 26.7 Å². The summed E-state index contributed by atoms with van der Waals surface area (Å²) in [5.74, 6) is 1.65. The zero-order valence-corrected chi connectivity index (χ0v) is 30.9. The van der Waals surface area contributed by atoms with E-state index in [-0.39, 0.29) is 11.3 Å². The highest BCUT2D eigenvalue weighted by molar-refractivity contribution is 7.90. The number of benzene rings is 2. The van der Waals surface area contributed by atoms with Crippen molar-refractivity contribution in [2.75, 3.05) is 38.2 Å². The largest absolute Gasteiger partial charge is 0.490 e. The van der Waals surface area contributed by atoms with Crippen molar-refractivity contribution in [3.8, 4) is 5.75 Å². The molecule has 1 fully saturated rings. The molecule has 5 aliphatic rings. The number of carbonyl (C=O) groups is 1. The van der Waals surface area contributed by atoms with Crippen LogP contribution in [0, 0.1) is 17.8 Å². The fourth-order valence-electron chi connectivity index (χ4n) is 9.23. The molecule has 2 bridgehead atoms. The van der Waals surface area contributed by atoms with Gasteiger partial charge in [-0.2, -0.15) is 0 Å². The Morgan fingerprint density at radius 3 is 2.71 bits per heavy atom. The Bertz CT molecular complexity index is 1730. The maximum Gasteiger partial charge on any atom is 0.264 e. The Hall–Kier alpha value is -2.98. The van der Waals surface area contributed by atoms with E-state index in [1.54, 1.807) is 13.0 Å². The minimum atomic E-state index is -3.91. The van der Waals surface area contributed by atoms with Gasteiger partial charge in [0, 0.05) is 48.6 Å². The lowest BCUT2D eigenvalue weighted by molar-refractivity contribution is -0.118. The van der Waals surface area contributed by atoms with E-state index in [0.29, 0.717) is 30.4 Å². The van der Waals surface area contributed by atoms with Gasteiger partial charge in [0.05, 0.1) is 24.0 Å². The highest BCUT2D eigenvalue weighted by atomic mass is 35.5. The fraction of sp³-hybridized carbons (Fsp3) is 0.632. The molecular weight excluding hydrogens is 660 g/mol. The maximum atomic E-state index is 13.6. The first-order valence-electron chi connectivity index (χ1n) is 18.3. The van der Waals surface area contributed by atoms with Crippen LogP contribution in [0.15, 0.2) is 41.6 Å². The Labute approximate surface area is 296 Å². The second-order valence-corrected chi connectivity index (χ2v) is 18.0. The molecule has 0 radical (unpaired) electrons. The number of amides is 1. The molecule has 11 heteroatoms. The summed E-state index contributed by atoms with van der Waals surface area (Å²) in [4.78, 5) is 24.8. The van der Waals surface area contributed by atoms with Crippen LogP contribution >= 0.6 is 11.6 Å². The molecule has 2 aromatic carbocycles. The lowest BCUT2D eigenvalue weighted by Crippen LogP contribution is -2.53. The first kappa shape index (κ1) is 34.5. The Morgan fingerprint density at radius 2 is 1.94 bits per heavy atom. The number of oxime groups is 1. The topological polar surface area (TPSA) is 101 Å². The molecule has 49 heavy (non-hydrogen) atoms. The Kier molecular flexibility index (Phi) is 9.35. The minimum Gasteiger partial charge on any atom is -0.490 e. The van der Waals surface area contributed by atoms with Crippen LogP contribution in [0.25, 0.3) is 0 Å². The van der Waals surface area contributed by atoms with Gasteiger partial charge in [0.1, 0.15) is 17.2 Å². The van der Waals surface area contributed by atoms with Gasteiger partial charge in [-0.3, -0.25) is 4.79 Å². The summed E-state index contributed by atoms with van der Waals surface area (Å²) in [6, 6.07) is 11.6. The minimum absolute atomic E-state index is 0.141. The van der Waals surface area contributed by atoms with Crippen LogP contribution in [-0.4, -0.2) is 69.2 Å². The standard InChI is InChI=1S/C38H51ClN4O5S/c1-5-18-42(4)35-21-38(48-40-35)17-6-8-25(2)26(3)49(45,46)41-36(44)28-11-15-34-33(20-28)43(22-29-10-13-32(29)38)23-37(24-47-34)16-7-9-27-19-30(39)12-14-31(27)37/h11-12,14-15,19-20,25-26,29,32H,5-10,13,16-18,21-24H2,1-4H3,(H,41,44)/t25-,26+,29-,32+,37-,38+/m0/s1. The first-order chi connectivity index (χ1) is 23.4. The molecule has 2 spiro atoms. The lowest BCUT2D eigenvalue weighted by Gasteiger charge is -2.49. The van der Waals surface area contributed by atoms with E-state index in [2.05, 4.69) is 40.6 Å². The SMILES string of the molecule is CCCN(C)C1=NO[C@]2(CCC[C@H](C)[C@@H](C)S(=O)(=O)NC(=O)c3ccc4c(c3)N(C[C@@H]3CC[C@H]32)C[C@@]2(CCCc3cc(Cl)ccc32)CO4)C1. The zero-order valence-electron chi connectivity index (χ0n) is 29.3. The number of rotatable bonds is 2. The normalized spacial score (nSPS) is 32.5. The number of hydrogen-bond donors (Lipinski definition) is 1. The second kappa shape index (κ2) is 13.3. The number of sulfonamides is 1. The molecule has 1 N–H and O–H groups in total. The predicted molar refractivity (Wildman–Crippen MR) is 194 cm³/mol. The van der Waals surface area contributed by atoms with Gasteiger partial charge >= 0.3 is 0 Å². The van der Waals surface area contributed by atoms with Gasteiger partial charge < -0.3 is 19.4 Å². The van der Waals surface area contributed by atoms with E-state index in [1.807, 2.05) is 25.1 Å². The highest BCUT2D eigenvalue weighted by Gasteiger charge is 2.54. The number of hydrogen-bond acceptors (Lipinski definition) is 8. The number of nitrogens with one attached hydrogen (secondary N) is 1. The summed E-state index contributed by atoms with van der Waals surface area (Å²) in [5, 5.41) is 4.72. The van der Waals surface area contributed by atoms with Gasteiger partial charge in [-0.1, -0.05) is 36.7 Å². The highest BCUT2D eigenvalue weighted by Crippen LogP contribution is 2.52. The zero-order chi connectivity index (χ0) is 34.6. The van der Waals surface area contributed by atoms with E-state index in [0.717, 1.165) is 99.7 Å². The molecule has 0 saturated heterocycles. The van der Waals surface area contributed by atoms with E-state index >= 15 is 0 Å². The quantitative estimate of drug-likeness (QED) is 0.361. The van der Waals surface area contributed by atoms with Crippen molar-refractivity contribution in [2.24, 2.45) is 22.9 Å². The number of fused-ring (bicyclic) bond motifs is 5. The average molecular weight is 711 g/mol. The summed E-state index contributed by atoms with van der Waals surface area (Å²) in [6.45, 7) is 8.80.